The van der Waals surface area contributed by atoms with Gasteiger partial charge in [0, 0.05) is 0 Å². The predicted molar refractivity (Wildman–Crippen MR) is 14.2 cm³/mol. The summed E-state index contributed by atoms with van der Waals surface area (Å²) >= 11 is 0. The molecule has 0 fully saturated rings. The van der Waals surface area contributed by atoms with E-state index in [1.165, 1.54) is 0 Å². The van der Waals surface area contributed by atoms with Gasteiger partial charge in [0.2, 0.25) is 0 Å². The van der Waals surface area contributed by atoms with Crippen LogP contribution < -0.4 is 5.96 Å². The van der Waals surface area contributed by atoms with E-state index in [9.17, 15) is 21.7 Å². The van der Waals surface area contributed by atoms with Gasteiger partial charge in [-0.25, -0.2) is 0 Å². The lowest BCUT2D eigenvalue weighted by Crippen LogP contribution is -2.32. The second kappa shape index (κ2) is 3.85. The van der Waals surface area contributed by atoms with Gasteiger partial charge in [-0.1, -0.05) is 0 Å². The van der Waals surface area contributed by atoms with Crippen molar-refractivity contribution >= 4 is 7.25 Å². The molecule has 0 heterocycles. The van der Waals surface area contributed by atoms with Gasteiger partial charge in [-0.2, -0.15) is 5.96 Å². The molecule has 7 heteroatoms. The van der Waals surface area contributed by atoms with Crippen LogP contribution in [0.4, 0.5) is 21.7 Å². The summed E-state index contributed by atoms with van der Waals surface area (Å²) in [5.41, 5.74) is 0. The molecule has 0 aromatic carbocycles. The third kappa shape index (κ3) is 725. The van der Waals surface area contributed by atoms with E-state index in [4.69, 9.17) is 0 Å². The van der Waals surface area contributed by atoms with Gasteiger partial charge in [0.1, 0.15) is 0 Å². The van der Waals surface area contributed by atoms with Crippen molar-refractivity contribution in [3.63, 3.8) is 0 Å². The molecule has 0 amide bonds. The van der Waals surface area contributed by atoms with Gasteiger partial charge in [-0.15, -0.1) is 0 Å². The molecule has 3 N–H and O–H groups in total. The van der Waals surface area contributed by atoms with E-state index in [1.807, 2.05) is 0 Å². The van der Waals surface area contributed by atoms with Crippen molar-refractivity contribution < 1.29 is 27.7 Å². The Hall–Kier alpha value is -0.325. The fraction of sp³-hybridized carbons (Fsp3) is 0. The summed E-state index contributed by atoms with van der Waals surface area (Å²) in [5.74, 6) is 1.75. The van der Waals surface area contributed by atoms with Crippen LogP contribution in [0.25, 0.3) is 0 Å². The smallest absolute Gasteiger partial charge is 0.418 e. The largest absolute Gasteiger partial charge is 0.673 e. The molecule has 0 bridgehead atoms. The Labute approximate surface area is 36.3 Å². The topological polar surface area (TPSA) is 27.6 Å². The fourth-order valence-corrected chi connectivity index (χ4v) is 0. The van der Waals surface area contributed by atoms with E-state index in [1.54, 1.807) is 5.96 Å². The Kier molecular flexibility index (Phi) is 5.41. The van der Waals surface area contributed by atoms with Crippen LogP contribution >= 0.6 is 0 Å². The van der Waals surface area contributed by atoms with Gasteiger partial charge >= 0.3 is 7.25 Å². The molecule has 0 spiro atoms. The van der Waals surface area contributed by atoms with Crippen LogP contribution in [0.5, 0.6) is 0 Å². The molecule has 0 aliphatic carbocycles. The van der Waals surface area contributed by atoms with Crippen molar-refractivity contribution in [1.29, 1.82) is 0 Å². The van der Waals surface area contributed by atoms with Crippen molar-refractivity contribution in [3.8, 4) is 0 Å². The summed E-state index contributed by atoms with van der Waals surface area (Å²) in [7, 11) is -6.00. The first kappa shape index (κ1) is 9.84. The molecule has 0 saturated carbocycles. The SMILES string of the molecule is F[B-](F)(F)F.[NH3+]F. The van der Waals surface area contributed by atoms with Crippen molar-refractivity contribution in [2.24, 2.45) is 0 Å². The van der Waals surface area contributed by atoms with E-state index < -0.39 is 7.25 Å². The molecule has 0 unspecified atom stereocenters. The van der Waals surface area contributed by atoms with Gasteiger partial charge in [0.15, 0.2) is 0 Å². The number of rotatable bonds is 0. The van der Waals surface area contributed by atoms with Crippen LogP contribution in [0.3, 0.4) is 0 Å². The average Bonchev–Trinajstić information content (AvgIpc) is 1.36. The summed E-state index contributed by atoms with van der Waals surface area (Å²) in [5, 5.41) is 0. The standard InChI is InChI=1S/BF4.FH3N/c2-1(3,4)5;1-2/h;2H3/q-1;+1. The Morgan fingerprint density at radius 1 is 0.857 bits per heavy atom. The maximum atomic E-state index is 9.75. The third-order valence-electron chi connectivity index (χ3n) is 0. The van der Waals surface area contributed by atoms with Gasteiger partial charge in [-0.05, 0) is 4.48 Å². The molecule has 0 rings (SSSR count). The summed E-state index contributed by atoms with van der Waals surface area (Å²) in [6.45, 7) is 0. The highest BCUT2D eigenvalue weighted by Crippen LogP contribution is 2.06. The second-order valence-electron chi connectivity index (χ2n) is 0.495. The van der Waals surface area contributed by atoms with Crippen LogP contribution in [0.1, 0.15) is 0 Å². The highest BCUT2D eigenvalue weighted by atomic mass is 19.5. The first-order chi connectivity index (χ1) is 3.00. The van der Waals surface area contributed by atoms with Crippen molar-refractivity contribution in [2.45, 2.75) is 0 Å². The molecule has 0 atom stereocenters. The molecule has 7 heavy (non-hydrogen) atoms. The lowest BCUT2D eigenvalue weighted by Gasteiger charge is -1.94. The van der Waals surface area contributed by atoms with Crippen LogP contribution in [0, 0.1) is 0 Å². The monoisotopic (exact) mass is 123 g/mol. The van der Waals surface area contributed by atoms with Crippen molar-refractivity contribution in [3.05, 3.63) is 0 Å². The van der Waals surface area contributed by atoms with Crippen LogP contribution in [-0.4, -0.2) is 7.25 Å². The van der Waals surface area contributed by atoms with Crippen LogP contribution in [-0.2, 0) is 0 Å². The minimum atomic E-state index is -6.00. The van der Waals surface area contributed by atoms with Gasteiger partial charge < -0.3 is 17.3 Å². The van der Waals surface area contributed by atoms with Gasteiger partial charge in [-0.3, -0.25) is 0 Å². The number of hydrogen-bond acceptors (Lipinski definition) is 0. The lowest BCUT2D eigenvalue weighted by atomic mass is 10.3. The molecule has 0 aliphatic heterocycles. The molecule has 1 nitrogen and oxygen atoms in total. The summed E-state index contributed by atoms with van der Waals surface area (Å²) < 4.78 is 48.2. The minimum Gasteiger partial charge on any atom is -0.418 e. The molecule has 0 radical (unpaired) electrons. The quantitative estimate of drug-likeness (QED) is 0.274. The van der Waals surface area contributed by atoms with E-state index >= 15 is 0 Å². The summed E-state index contributed by atoms with van der Waals surface area (Å²) in [4.78, 5) is 0. The maximum absolute atomic E-state index is 9.75. The molecular weight excluding hydrogens is 120 g/mol. The highest BCUT2D eigenvalue weighted by Gasteiger charge is 2.20. The van der Waals surface area contributed by atoms with Crippen molar-refractivity contribution in [2.75, 3.05) is 0 Å². The van der Waals surface area contributed by atoms with Gasteiger partial charge in [0.05, 0.1) is 0 Å². The summed E-state index contributed by atoms with van der Waals surface area (Å²) in [6.07, 6.45) is 0. The van der Waals surface area contributed by atoms with Crippen LogP contribution in [0.2, 0.25) is 0 Å². The average molecular weight is 123 g/mol. The zero-order valence-electron chi connectivity index (χ0n) is 3.17. The molecular formula is H3BF5N. The molecule has 46 valence electrons. The van der Waals surface area contributed by atoms with Crippen molar-refractivity contribution in [1.82, 2.24) is 0 Å². The third-order valence-corrected chi connectivity index (χ3v) is 0. The number of hydrogen-bond donors (Lipinski definition) is 1. The van der Waals surface area contributed by atoms with E-state index in [-0.39, 0.29) is 0 Å². The van der Waals surface area contributed by atoms with Crippen LogP contribution in [0.15, 0.2) is 0 Å². The van der Waals surface area contributed by atoms with E-state index in [0.29, 0.717) is 0 Å². The fourth-order valence-electron chi connectivity index (χ4n) is 0. The second-order valence-corrected chi connectivity index (χ2v) is 0.495. The number of quaternary nitrogens is 1. The Balaban J connectivity index is 0. The summed E-state index contributed by atoms with van der Waals surface area (Å²) in [6, 6.07) is 0. The Morgan fingerprint density at radius 3 is 0.857 bits per heavy atom. The Morgan fingerprint density at radius 2 is 0.857 bits per heavy atom. The number of halogens is 5. The normalized spacial score (nSPS) is 9.43. The lowest BCUT2D eigenvalue weighted by molar-refractivity contribution is -0.589. The predicted octanol–water partition coefficient (Wildman–Crippen LogP) is 0.413. The molecule has 0 aliphatic rings. The first-order valence-corrected chi connectivity index (χ1v) is 1.14. The zero-order chi connectivity index (χ0) is 6.50. The Bertz CT molecular complexity index is 23.6. The van der Waals surface area contributed by atoms with E-state index in [0.717, 1.165) is 0 Å². The highest BCUT2D eigenvalue weighted by molar-refractivity contribution is 6.50. The molecule has 0 aromatic heterocycles. The van der Waals surface area contributed by atoms with Gasteiger partial charge in [0.25, 0.3) is 0 Å². The van der Waals surface area contributed by atoms with E-state index in [2.05, 4.69) is 0 Å². The molecule has 0 aromatic rings. The molecule has 0 saturated heterocycles. The first-order valence-electron chi connectivity index (χ1n) is 1.14. The maximum Gasteiger partial charge on any atom is 0.673 e. The minimum absolute atomic E-state index is 1.75. The zero-order valence-corrected chi connectivity index (χ0v) is 3.17.